The molecule has 1 aliphatic heterocycles. The van der Waals surface area contributed by atoms with Gasteiger partial charge in [-0.25, -0.2) is 4.79 Å². The predicted octanol–water partition coefficient (Wildman–Crippen LogP) is 2.68. The second-order valence-corrected chi connectivity index (χ2v) is 7.72. The molecule has 1 spiro atoms. The molecule has 0 aromatic heterocycles. The molecule has 3 rings (SSSR count). The Morgan fingerprint density at radius 1 is 1.23 bits per heavy atom. The fourth-order valence-corrected chi connectivity index (χ4v) is 3.77. The molecule has 6 nitrogen and oxygen atoms in total. The van der Waals surface area contributed by atoms with Crippen molar-refractivity contribution in [2.24, 2.45) is 0 Å². The normalized spacial score (nSPS) is 20.2. The average Bonchev–Trinajstić information content (AvgIpc) is 2.85. The number of halogens is 1. The van der Waals surface area contributed by atoms with Crippen molar-refractivity contribution in [3.63, 3.8) is 0 Å². The first-order valence-electron chi connectivity index (χ1n) is 9.06. The van der Waals surface area contributed by atoms with Gasteiger partial charge in [0.25, 0.3) is 5.91 Å². The van der Waals surface area contributed by atoms with Crippen molar-refractivity contribution >= 4 is 29.4 Å². The van der Waals surface area contributed by atoms with Gasteiger partial charge >= 0.3 is 6.03 Å². The van der Waals surface area contributed by atoms with Crippen LogP contribution in [0.4, 0.5) is 4.79 Å². The van der Waals surface area contributed by atoms with Crippen molar-refractivity contribution in [1.29, 1.82) is 0 Å². The Labute approximate surface area is 158 Å². The lowest BCUT2D eigenvalue weighted by Crippen LogP contribution is -2.48. The second-order valence-electron chi connectivity index (χ2n) is 7.07. The van der Waals surface area contributed by atoms with Crippen LogP contribution in [-0.2, 0) is 22.7 Å². The van der Waals surface area contributed by atoms with E-state index in [9.17, 15) is 14.4 Å². The van der Waals surface area contributed by atoms with Crippen LogP contribution >= 0.6 is 11.6 Å². The zero-order valence-electron chi connectivity index (χ0n) is 14.9. The molecule has 1 heterocycles. The molecule has 7 heteroatoms. The zero-order chi connectivity index (χ0) is 18.7. The Hall–Kier alpha value is -2.08. The van der Waals surface area contributed by atoms with Crippen LogP contribution in [0.3, 0.4) is 0 Å². The topological polar surface area (TPSA) is 78.5 Å². The van der Waals surface area contributed by atoms with Crippen LogP contribution in [-0.4, -0.2) is 33.7 Å². The van der Waals surface area contributed by atoms with E-state index in [1.54, 1.807) is 6.92 Å². The molecule has 0 bridgehead atoms. The third-order valence-electron chi connectivity index (χ3n) is 5.21. The average molecular weight is 378 g/mol. The van der Waals surface area contributed by atoms with Gasteiger partial charge in [0.15, 0.2) is 0 Å². The minimum absolute atomic E-state index is 0.129. The van der Waals surface area contributed by atoms with Crippen molar-refractivity contribution in [1.82, 2.24) is 15.5 Å². The van der Waals surface area contributed by atoms with Crippen LogP contribution < -0.4 is 10.6 Å². The molecular weight excluding hydrogens is 354 g/mol. The zero-order valence-corrected chi connectivity index (χ0v) is 15.6. The lowest BCUT2D eigenvalue weighted by atomic mass is 9.81. The number of amides is 4. The summed E-state index contributed by atoms with van der Waals surface area (Å²) < 4.78 is 0. The number of hydrogen-bond donors (Lipinski definition) is 2. The molecule has 1 aromatic rings. The summed E-state index contributed by atoms with van der Waals surface area (Å²) in [5, 5.41) is 5.08. The summed E-state index contributed by atoms with van der Waals surface area (Å²) in [5.41, 5.74) is 0.988. The second kappa shape index (κ2) is 7.66. The Balaban J connectivity index is 1.73. The highest BCUT2D eigenvalue weighted by Crippen LogP contribution is 2.34. The van der Waals surface area contributed by atoms with Gasteiger partial charge in [-0.1, -0.05) is 43.5 Å². The van der Waals surface area contributed by atoms with Gasteiger partial charge in [-0.05, 0) is 30.9 Å². The summed E-state index contributed by atoms with van der Waals surface area (Å²) in [4.78, 5) is 38.4. The van der Waals surface area contributed by atoms with Gasteiger partial charge < -0.3 is 10.6 Å². The van der Waals surface area contributed by atoms with Crippen LogP contribution in [0.25, 0.3) is 0 Å². The van der Waals surface area contributed by atoms with E-state index in [0.29, 0.717) is 19.4 Å². The SMILES string of the molecule is CC(Cl)C(=O)NCc1ccccc1CN1C(=O)NC2(CCCCC2)C1=O. The Morgan fingerprint density at radius 3 is 2.54 bits per heavy atom. The molecule has 1 atom stereocenters. The largest absolute Gasteiger partial charge is 0.351 e. The third kappa shape index (κ3) is 3.70. The van der Waals surface area contributed by atoms with Crippen LogP contribution in [0.1, 0.15) is 50.2 Å². The van der Waals surface area contributed by atoms with Gasteiger partial charge in [-0.2, -0.15) is 0 Å². The van der Waals surface area contributed by atoms with E-state index in [0.717, 1.165) is 30.4 Å². The van der Waals surface area contributed by atoms with Crippen molar-refractivity contribution in [3.8, 4) is 0 Å². The molecule has 4 amide bonds. The van der Waals surface area contributed by atoms with Crippen LogP contribution in [0.5, 0.6) is 0 Å². The molecule has 2 fully saturated rings. The Morgan fingerprint density at radius 2 is 1.88 bits per heavy atom. The number of nitrogens with zero attached hydrogens (tertiary/aromatic N) is 1. The Kier molecular flexibility index (Phi) is 5.51. The molecule has 1 saturated heterocycles. The number of nitrogens with one attached hydrogen (secondary N) is 2. The molecule has 1 aliphatic carbocycles. The van der Waals surface area contributed by atoms with Gasteiger partial charge in [-0.3, -0.25) is 14.5 Å². The monoisotopic (exact) mass is 377 g/mol. The predicted molar refractivity (Wildman–Crippen MR) is 98.5 cm³/mol. The van der Waals surface area contributed by atoms with E-state index >= 15 is 0 Å². The van der Waals surface area contributed by atoms with E-state index < -0.39 is 10.9 Å². The molecule has 2 aliphatic rings. The highest BCUT2D eigenvalue weighted by Gasteiger charge is 2.51. The molecular formula is C19H24ClN3O3. The van der Waals surface area contributed by atoms with Crippen LogP contribution in [0, 0.1) is 0 Å². The number of urea groups is 1. The number of benzene rings is 1. The van der Waals surface area contributed by atoms with Crippen molar-refractivity contribution in [2.75, 3.05) is 0 Å². The minimum atomic E-state index is -0.716. The van der Waals surface area contributed by atoms with Gasteiger partial charge in [0.05, 0.1) is 6.54 Å². The van der Waals surface area contributed by atoms with Crippen molar-refractivity contribution in [2.45, 2.75) is 63.0 Å². The third-order valence-corrected chi connectivity index (χ3v) is 5.41. The molecule has 2 N–H and O–H groups in total. The minimum Gasteiger partial charge on any atom is -0.351 e. The number of alkyl halides is 1. The van der Waals surface area contributed by atoms with Crippen LogP contribution in [0.2, 0.25) is 0 Å². The molecule has 1 saturated carbocycles. The van der Waals surface area contributed by atoms with E-state index in [1.807, 2.05) is 24.3 Å². The fraction of sp³-hybridized carbons (Fsp3) is 0.526. The number of carbonyl (C=O) groups is 3. The van der Waals surface area contributed by atoms with E-state index in [2.05, 4.69) is 10.6 Å². The van der Waals surface area contributed by atoms with E-state index in [1.165, 1.54) is 4.90 Å². The van der Waals surface area contributed by atoms with Crippen molar-refractivity contribution < 1.29 is 14.4 Å². The quantitative estimate of drug-likeness (QED) is 0.611. The fourth-order valence-electron chi connectivity index (χ4n) is 3.69. The summed E-state index contributed by atoms with van der Waals surface area (Å²) in [6, 6.07) is 7.15. The molecule has 1 aromatic carbocycles. The van der Waals surface area contributed by atoms with Gasteiger partial charge in [0, 0.05) is 6.54 Å². The van der Waals surface area contributed by atoms with E-state index in [-0.39, 0.29) is 24.4 Å². The highest BCUT2D eigenvalue weighted by atomic mass is 35.5. The maximum atomic E-state index is 12.9. The first-order valence-corrected chi connectivity index (χ1v) is 9.49. The van der Waals surface area contributed by atoms with Gasteiger partial charge in [-0.15, -0.1) is 11.6 Å². The molecule has 26 heavy (non-hydrogen) atoms. The lowest BCUT2D eigenvalue weighted by Gasteiger charge is -2.30. The Bertz CT molecular complexity index is 714. The molecule has 1 unspecified atom stereocenters. The number of rotatable bonds is 5. The summed E-state index contributed by atoms with van der Waals surface area (Å²) >= 11 is 5.77. The standard InChI is InChI=1S/C19H24ClN3O3/c1-13(20)16(24)21-11-14-7-3-4-8-15(14)12-23-17(25)19(22-18(23)26)9-5-2-6-10-19/h3-4,7-8,13H,2,5-6,9-12H2,1H3,(H,21,24)(H,22,26). The van der Waals surface area contributed by atoms with E-state index in [4.69, 9.17) is 11.6 Å². The summed E-state index contributed by atoms with van der Waals surface area (Å²) in [5.74, 6) is -0.381. The van der Waals surface area contributed by atoms with Crippen LogP contribution in [0.15, 0.2) is 24.3 Å². The first kappa shape index (κ1) is 18.7. The number of hydrogen-bond acceptors (Lipinski definition) is 3. The maximum absolute atomic E-state index is 12.9. The summed E-state index contributed by atoms with van der Waals surface area (Å²) in [6.07, 6.45) is 4.43. The van der Waals surface area contributed by atoms with Gasteiger partial charge in [0.1, 0.15) is 10.9 Å². The number of imide groups is 1. The maximum Gasteiger partial charge on any atom is 0.325 e. The number of carbonyl (C=O) groups excluding carboxylic acids is 3. The molecule has 140 valence electrons. The lowest BCUT2D eigenvalue weighted by molar-refractivity contribution is -0.132. The molecule has 0 radical (unpaired) electrons. The first-order chi connectivity index (χ1) is 12.4. The highest BCUT2D eigenvalue weighted by molar-refractivity contribution is 6.30. The summed E-state index contributed by atoms with van der Waals surface area (Å²) in [6.45, 7) is 2.12. The smallest absolute Gasteiger partial charge is 0.325 e. The van der Waals surface area contributed by atoms with Crippen molar-refractivity contribution in [3.05, 3.63) is 35.4 Å². The summed E-state index contributed by atoms with van der Waals surface area (Å²) in [7, 11) is 0. The van der Waals surface area contributed by atoms with Gasteiger partial charge in [0.2, 0.25) is 5.91 Å².